The van der Waals surface area contributed by atoms with Gasteiger partial charge < -0.3 is 9.52 Å². The van der Waals surface area contributed by atoms with Gasteiger partial charge in [0.05, 0.1) is 0 Å². The van der Waals surface area contributed by atoms with Gasteiger partial charge in [-0.3, -0.25) is 0 Å². The summed E-state index contributed by atoms with van der Waals surface area (Å²) in [6.07, 6.45) is 1.10. The first-order valence-corrected chi connectivity index (χ1v) is 5.54. The smallest absolute Gasteiger partial charge is 0.371 e. The average molecular weight is 214 g/mol. The van der Waals surface area contributed by atoms with Crippen molar-refractivity contribution in [2.75, 3.05) is 5.75 Å². The third-order valence-electron chi connectivity index (χ3n) is 1.73. The Bertz CT molecular complexity index is 304. The number of furan rings is 1. The number of thioether (sulfide) groups is 1. The summed E-state index contributed by atoms with van der Waals surface area (Å²) in [5.41, 5.74) is 0. The van der Waals surface area contributed by atoms with E-state index in [1.165, 1.54) is 6.07 Å². The van der Waals surface area contributed by atoms with Gasteiger partial charge in [0.2, 0.25) is 5.76 Å². The highest BCUT2D eigenvalue weighted by Gasteiger charge is 2.08. The molecule has 0 aliphatic carbocycles. The molecular weight excluding hydrogens is 200 g/mol. The number of carbonyl (C=O) groups is 1. The van der Waals surface area contributed by atoms with Crippen LogP contribution in [0.2, 0.25) is 0 Å². The Balaban J connectivity index is 2.40. The molecule has 0 spiro atoms. The third-order valence-corrected chi connectivity index (χ3v) is 2.68. The van der Waals surface area contributed by atoms with E-state index in [4.69, 9.17) is 9.52 Å². The molecule has 0 unspecified atom stereocenters. The van der Waals surface area contributed by atoms with Crippen LogP contribution in [0, 0.1) is 5.92 Å². The maximum Gasteiger partial charge on any atom is 0.371 e. The SMILES string of the molecule is CC(C)CCSc1ccc(C(=O)O)o1. The van der Waals surface area contributed by atoms with E-state index in [0.29, 0.717) is 11.0 Å². The standard InChI is InChI=1S/C10H14O3S/c1-7(2)5-6-14-9-4-3-8(13-9)10(11)12/h3-4,7H,5-6H2,1-2H3,(H,11,12). The lowest BCUT2D eigenvalue weighted by molar-refractivity contribution is 0.0656. The lowest BCUT2D eigenvalue weighted by Gasteiger charge is -2.01. The Kier molecular flexibility index (Phi) is 4.07. The zero-order valence-electron chi connectivity index (χ0n) is 8.32. The van der Waals surface area contributed by atoms with Gasteiger partial charge in [0.1, 0.15) is 0 Å². The molecule has 0 fully saturated rings. The molecule has 4 heteroatoms. The molecule has 0 amide bonds. The summed E-state index contributed by atoms with van der Waals surface area (Å²) < 4.78 is 5.09. The molecule has 0 saturated heterocycles. The van der Waals surface area contributed by atoms with Gasteiger partial charge in [0.15, 0.2) is 5.09 Å². The molecule has 1 aromatic heterocycles. The summed E-state index contributed by atoms with van der Waals surface area (Å²) in [5, 5.41) is 9.29. The number of rotatable bonds is 5. The topological polar surface area (TPSA) is 50.4 Å². The van der Waals surface area contributed by atoms with Crippen LogP contribution in [-0.4, -0.2) is 16.8 Å². The zero-order chi connectivity index (χ0) is 10.6. The van der Waals surface area contributed by atoms with Crippen LogP contribution < -0.4 is 0 Å². The van der Waals surface area contributed by atoms with Crippen LogP contribution in [0.25, 0.3) is 0 Å². The number of carboxylic acids is 1. The molecule has 1 aromatic rings. The first-order chi connectivity index (χ1) is 6.59. The predicted octanol–water partition coefficient (Wildman–Crippen LogP) is 3.12. The largest absolute Gasteiger partial charge is 0.475 e. The van der Waals surface area contributed by atoms with Gasteiger partial charge in [-0.05, 0) is 24.5 Å². The van der Waals surface area contributed by atoms with Gasteiger partial charge in [-0.15, -0.1) is 0 Å². The van der Waals surface area contributed by atoms with E-state index < -0.39 is 5.97 Å². The van der Waals surface area contributed by atoms with Gasteiger partial charge in [-0.1, -0.05) is 25.6 Å². The van der Waals surface area contributed by atoms with E-state index in [1.54, 1.807) is 17.8 Å². The second-order valence-corrected chi connectivity index (χ2v) is 4.55. The minimum absolute atomic E-state index is 0.0112. The number of aromatic carboxylic acids is 1. The molecule has 0 aliphatic heterocycles. The van der Waals surface area contributed by atoms with E-state index in [0.717, 1.165) is 12.2 Å². The van der Waals surface area contributed by atoms with E-state index in [1.807, 2.05) is 0 Å². The van der Waals surface area contributed by atoms with Crippen molar-refractivity contribution in [1.29, 1.82) is 0 Å². The van der Waals surface area contributed by atoms with E-state index >= 15 is 0 Å². The minimum atomic E-state index is -1.01. The highest BCUT2D eigenvalue weighted by atomic mass is 32.2. The van der Waals surface area contributed by atoms with Crippen molar-refractivity contribution < 1.29 is 14.3 Å². The quantitative estimate of drug-likeness (QED) is 0.765. The highest BCUT2D eigenvalue weighted by molar-refractivity contribution is 7.99. The number of hydrogen-bond donors (Lipinski definition) is 1. The summed E-state index contributed by atoms with van der Waals surface area (Å²) in [6, 6.07) is 3.19. The van der Waals surface area contributed by atoms with Crippen molar-refractivity contribution in [2.24, 2.45) is 5.92 Å². The number of carboxylic acid groups (broad SMARTS) is 1. The monoisotopic (exact) mass is 214 g/mol. The van der Waals surface area contributed by atoms with E-state index in [-0.39, 0.29) is 5.76 Å². The second kappa shape index (κ2) is 5.10. The van der Waals surface area contributed by atoms with Gasteiger partial charge in [0.25, 0.3) is 0 Å². The first kappa shape index (κ1) is 11.2. The summed E-state index contributed by atoms with van der Waals surface area (Å²) in [7, 11) is 0. The van der Waals surface area contributed by atoms with Crippen molar-refractivity contribution in [2.45, 2.75) is 25.4 Å². The van der Waals surface area contributed by atoms with Crippen molar-refractivity contribution in [3.63, 3.8) is 0 Å². The Morgan fingerprint density at radius 2 is 2.29 bits per heavy atom. The fourth-order valence-corrected chi connectivity index (χ4v) is 2.01. The molecular formula is C10H14O3S. The molecule has 14 heavy (non-hydrogen) atoms. The molecule has 1 N–H and O–H groups in total. The van der Waals surface area contributed by atoms with Crippen LogP contribution >= 0.6 is 11.8 Å². The molecule has 0 bridgehead atoms. The average Bonchev–Trinajstić information content (AvgIpc) is 2.52. The van der Waals surface area contributed by atoms with Gasteiger partial charge in [0, 0.05) is 5.75 Å². The molecule has 0 aromatic carbocycles. The molecule has 78 valence electrons. The van der Waals surface area contributed by atoms with E-state index in [2.05, 4.69) is 13.8 Å². The second-order valence-electron chi connectivity index (χ2n) is 3.45. The maximum absolute atomic E-state index is 10.5. The zero-order valence-corrected chi connectivity index (χ0v) is 9.13. The van der Waals surface area contributed by atoms with Crippen LogP contribution in [-0.2, 0) is 0 Å². The van der Waals surface area contributed by atoms with Crippen LogP contribution in [0.15, 0.2) is 21.6 Å². The minimum Gasteiger partial charge on any atom is -0.475 e. The summed E-state index contributed by atoms with van der Waals surface area (Å²) in [5.74, 6) is 0.624. The molecule has 0 radical (unpaired) electrons. The van der Waals surface area contributed by atoms with Gasteiger partial charge in [-0.25, -0.2) is 4.79 Å². The Morgan fingerprint density at radius 1 is 1.57 bits per heavy atom. The first-order valence-electron chi connectivity index (χ1n) is 4.55. The molecule has 1 rings (SSSR count). The lowest BCUT2D eigenvalue weighted by atomic mass is 10.2. The fourth-order valence-electron chi connectivity index (χ4n) is 0.908. The van der Waals surface area contributed by atoms with Crippen LogP contribution in [0.5, 0.6) is 0 Å². The van der Waals surface area contributed by atoms with Crippen LogP contribution in [0.1, 0.15) is 30.8 Å². The summed E-state index contributed by atoms with van der Waals surface area (Å²) in [4.78, 5) is 10.5. The van der Waals surface area contributed by atoms with Gasteiger partial charge in [-0.2, -0.15) is 0 Å². The van der Waals surface area contributed by atoms with Crippen molar-refractivity contribution in [3.05, 3.63) is 17.9 Å². The van der Waals surface area contributed by atoms with Crippen molar-refractivity contribution in [1.82, 2.24) is 0 Å². The van der Waals surface area contributed by atoms with Crippen molar-refractivity contribution >= 4 is 17.7 Å². The molecule has 0 aliphatic rings. The van der Waals surface area contributed by atoms with Crippen molar-refractivity contribution in [3.8, 4) is 0 Å². The Morgan fingerprint density at radius 3 is 2.79 bits per heavy atom. The fraction of sp³-hybridized carbons (Fsp3) is 0.500. The predicted molar refractivity (Wildman–Crippen MR) is 55.8 cm³/mol. The summed E-state index contributed by atoms with van der Waals surface area (Å²) in [6.45, 7) is 4.32. The maximum atomic E-state index is 10.5. The van der Waals surface area contributed by atoms with Crippen LogP contribution in [0.3, 0.4) is 0 Å². The van der Waals surface area contributed by atoms with E-state index in [9.17, 15) is 4.79 Å². The summed E-state index contributed by atoms with van der Waals surface area (Å²) >= 11 is 1.56. The Labute approximate surface area is 87.5 Å². The third kappa shape index (κ3) is 3.46. The molecule has 0 atom stereocenters. The van der Waals surface area contributed by atoms with Crippen LogP contribution in [0.4, 0.5) is 0 Å². The lowest BCUT2D eigenvalue weighted by Crippen LogP contribution is -1.91. The molecule has 3 nitrogen and oxygen atoms in total. The normalized spacial score (nSPS) is 10.8. The Hall–Kier alpha value is -0.900. The molecule has 1 heterocycles. The van der Waals surface area contributed by atoms with Gasteiger partial charge >= 0.3 is 5.97 Å². The molecule has 0 saturated carbocycles. The number of hydrogen-bond acceptors (Lipinski definition) is 3. The highest BCUT2D eigenvalue weighted by Crippen LogP contribution is 2.22.